The molecule has 1 aromatic carbocycles. The molecule has 3 rings (SSSR count). The summed E-state index contributed by atoms with van der Waals surface area (Å²) in [5.74, 6) is 1.62. The van der Waals surface area contributed by atoms with Crippen LogP contribution in [0.25, 0.3) is 6.08 Å². The summed E-state index contributed by atoms with van der Waals surface area (Å²) in [5, 5.41) is 9.27. The van der Waals surface area contributed by atoms with E-state index in [0.29, 0.717) is 11.6 Å². The van der Waals surface area contributed by atoms with E-state index in [4.69, 9.17) is 4.74 Å². The molecule has 1 unspecified atom stereocenters. The molecule has 2 aliphatic rings. The molecule has 0 aromatic heterocycles. The van der Waals surface area contributed by atoms with Crippen LogP contribution in [0.15, 0.2) is 28.8 Å². The molecular weight excluding hydrogens is 353 g/mol. The minimum absolute atomic E-state index is 0.318. The zero-order chi connectivity index (χ0) is 13.4. The van der Waals surface area contributed by atoms with Crippen LogP contribution in [0.1, 0.15) is 5.56 Å². The number of rotatable bonds is 2. The lowest BCUT2D eigenvalue weighted by molar-refractivity contribution is 0.415. The Hall–Kier alpha value is -1.55. The molecule has 4 nitrogen and oxygen atoms in total. The molecule has 0 saturated heterocycles. The van der Waals surface area contributed by atoms with Crippen LogP contribution < -0.4 is 9.64 Å². The van der Waals surface area contributed by atoms with E-state index in [2.05, 4.69) is 38.6 Å². The number of methoxy groups -OCH3 is 1. The Bertz CT molecular complexity index is 630. The second-order valence-corrected chi connectivity index (χ2v) is 5.32. The SMILES string of the molecule is COc1ccc2c(c1)N1C(=NCC1CI)C(C#N)=C2. The normalized spacial score (nSPS) is 20.1. The van der Waals surface area contributed by atoms with Gasteiger partial charge in [0.05, 0.1) is 31.0 Å². The molecule has 19 heavy (non-hydrogen) atoms. The van der Waals surface area contributed by atoms with E-state index >= 15 is 0 Å². The summed E-state index contributed by atoms with van der Waals surface area (Å²) in [7, 11) is 1.66. The molecule has 0 fully saturated rings. The number of amidine groups is 1. The van der Waals surface area contributed by atoms with Gasteiger partial charge < -0.3 is 9.64 Å². The van der Waals surface area contributed by atoms with Gasteiger partial charge >= 0.3 is 0 Å². The zero-order valence-electron chi connectivity index (χ0n) is 10.4. The first-order valence-corrected chi connectivity index (χ1v) is 7.51. The smallest absolute Gasteiger partial charge is 0.146 e. The molecule has 1 atom stereocenters. The van der Waals surface area contributed by atoms with E-state index in [0.717, 1.165) is 33.8 Å². The van der Waals surface area contributed by atoms with Crippen molar-refractivity contribution in [3.05, 3.63) is 29.3 Å². The van der Waals surface area contributed by atoms with Crippen molar-refractivity contribution in [1.82, 2.24) is 0 Å². The summed E-state index contributed by atoms with van der Waals surface area (Å²) in [5.41, 5.74) is 2.77. The summed E-state index contributed by atoms with van der Waals surface area (Å²) >= 11 is 2.37. The van der Waals surface area contributed by atoms with E-state index in [1.807, 2.05) is 24.3 Å². The highest BCUT2D eigenvalue weighted by Gasteiger charge is 2.34. The molecule has 0 amide bonds. The minimum atomic E-state index is 0.318. The fourth-order valence-electron chi connectivity index (χ4n) is 2.45. The van der Waals surface area contributed by atoms with Crippen LogP contribution in [0.5, 0.6) is 5.75 Å². The van der Waals surface area contributed by atoms with Crippen LogP contribution in [0, 0.1) is 11.3 Å². The second-order valence-electron chi connectivity index (χ2n) is 4.44. The van der Waals surface area contributed by atoms with Crippen LogP contribution >= 0.6 is 22.6 Å². The van der Waals surface area contributed by atoms with E-state index in [1.54, 1.807) is 7.11 Å². The molecule has 2 aliphatic heterocycles. The number of alkyl halides is 1. The number of fused-ring (bicyclic) bond motifs is 3. The predicted octanol–water partition coefficient (Wildman–Crippen LogP) is 2.64. The van der Waals surface area contributed by atoms with Crippen molar-refractivity contribution >= 4 is 40.2 Å². The number of benzene rings is 1. The molecule has 2 heterocycles. The first-order chi connectivity index (χ1) is 9.28. The number of nitriles is 1. The Kier molecular flexibility index (Phi) is 3.19. The molecule has 0 spiro atoms. The van der Waals surface area contributed by atoms with Crippen LogP contribution in [-0.4, -0.2) is 30.0 Å². The standard InChI is InChI=1S/C14H12IN3O/c1-19-12-3-2-9-4-10(7-16)14-17-8-11(6-15)18(14)13(9)5-12/h2-5,11H,6,8H2,1H3. The van der Waals surface area contributed by atoms with Gasteiger partial charge in [-0.25, -0.2) is 0 Å². The minimum Gasteiger partial charge on any atom is -0.497 e. The summed E-state index contributed by atoms with van der Waals surface area (Å²) in [6.45, 7) is 0.744. The van der Waals surface area contributed by atoms with Gasteiger partial charge in [0.2, 0.25) is 0 Å². The first-order valence-electron chi connectivity index (χ1n) is 5.98. The number of ether oxygens (including phenoxy) is 1. The van der Waals surface area contributed by atoms with Crippen molar-refractivity contribution in [3.63, 3.8) is 0 Å². The molecule has 5 heteroatoms. The van der Waals surface area contributed by atoms with Crippen LogP contribution in [0.2, 0.25) is 0 Å². The number of hydrogen-bond acceptors (Lipinski definition) is 4. The lowest BCUT2D eigenvalue weighted by Gasteiger charge is -2.31. The fraction of sp³-hybridized carbons (Fsp3) is 0.286. The van der Waals surface area contributed by atoms with Crippen molar-refractivity contribution in [2.24, 2.45) is 4.99 Å². The van der Waals surface area contributed by atoms with E-state index in [9.17, 15) is 5.26 Å². The Morgan fingerprint density at radius 1 is 1.58 bits per heavy atom. The molecular formula is C14H12IN3O. The maximum Gasteiger partial charge on any atom is 0.146 e. The molecule has 0 bridgehead atoms. The summed E-state index contributed by atoms with van der Waals surface area (Å²) in [6, 6.07) is 8.49. The third-order valence-electron chi connectivity index (χ3n) is 3.38. The molecule has 0 aliphatic carbocycles. The average molecular weight is 365 g/mol. The lowest BCUT2D eigenvalue weighted by atomic mass is 10.0. The van der Waals surface area contributed by atoms with E-state index < -0.39 is 0 Å². The predicted molar refractivity (Wildman–Crippen MR) is 84.0 cm³/mol. The average Bonchev–Trinajstić information content (AvgIpc) is 2.90. The van der Waals surface area contributed by atoms with E-state index in [1.165, 1.54) is 0 Å². The van der Waals surface area contributed by atoms with Crippen molar-refractivity contribution in [2.45, 2.75) is 6.04 Å². The highest BCUT2D eigenvalue weighted by atomic mass is 127. The Morgan fingerprint density at radius 3 is 3.11 bits per heavy atom. The highest BCUT2D eigenvalue weighted by Crippen LogP contribution is 2.37. The van der Waals surface area contributed by atoms with Crippen molar-refractivity contribution in [2.75, 3.05) is 23.0 Å². The van der Waals surface area contributed by atoms with Crippen LogP contribution in [-0.2, 0) is 0 Å². The Balaban J connectivity index is 2.18. The van der Waals surface area contributed by atoms with Crippen molar-refractivity contribution < 1.29 is 4.74 Å². The molecule has 0 N–H and O–H groups in total. The maximum absolute atomic E-state index is 9.27. The van der Waals surface area contributed by atoms with Gasteiger partial charge in [0, 0.05) is 10.5 Å². The molecule has 1 aromatic rings. The van der Waals surface area contributed by atoms with E-state index in [-0.39, 0.29) is 0 Å². The van der Waals surface area contributed by atoms with Gasteiger partial charge in [-0.15, -0.1) is 0 Å². The van der Waals surface area contributed by atoms with Crippen molar-refractivity contribution in [3.8, 4) is 11.8 Å². The number of hydrogen-bond donors (Lipinski definition) is 0. The zero-order valence-corrected chi connectivity index (χ0v) is 12.6. The third kappa shape index (κ3) is 1.91. The second kappa shape index (κ2) is 4.85. The fourth-order valence-corrected chi connectivity index (χ4v) is 3.12. The van der Waals surface area contributed by atoms with Gasteiger partial charge in [0.1, 0.15) is 17.7 Å². The molecule has 0 radical (unpaired) electrons. The van der Waals surface area contributed by atoms with Gasteiger partial charge in [-0.3, -0.25) is 4.99 Å². The summed E-state index contributed by atoms with van der Waals surface area (Å²) in [6.07, 6.45) is 1.90. The van der Waals surface area contributed by atoms with Gasteiger partial charge in [0.25, 0.3) is 0 Å². The summed E-state index contributed by atoms with van der Waals surface area (Å²) < 4.78 is 6.27. The summed E-state index contributed by atoms with van der Waals surface area (Å²) in [4.78, 5) is 6.69. The van der Waals surface area contributed by atoms with Crippen LogP contribution in [0.4, 0.5) is 5.69 Å². The Labute approximate surface area is 125 Å². The molecule has 96 valence electrons. The van der Waals surface area contributed by atoms with Crippen LogP contribution in [0.3, 0.4) is 0 Å². The monoisotopic (exact) mass is 365 g/mol. The number of halogens is 1. The number of nitrogens with zero attached hydrogens (tertiary/aromatic N) is 3. The highest BCUT2D eigenvalue weighted by molar-refractivity contribution is 14.1. The lowest BCUT2D eigenvalue weighted by Crippen LogP contribution is -2.40. The third-order valence-corrected chi connectivity index (χ3v) is 4.40. The largest absolute Gasteiger partial charge is 0.497 e. The molecule has 0 saturated carbocycles. The topological polar surface area (TPSA) is 48.6 Å². The Morgan fingerprint density at radius 2 is 2.42 bits per heavy atom. The van der Waals surface area contributed by atoms with Gasteiger partial charge in [0.15, 0.2) is 0 Å². The van der Waals surface area contributed by atoms with Crippen molar-refractivity contribution in [1.29, 1.82) is 5.26 Å². The quantitative estimate of drug-likeness (QED) is 0.598. The number of aliphatic imine (C=N–C) groups is 1. The van der Waals surface area contributed by atoms with Gasteiger partial charge in [-0.05, 0) is 23.8 Å². The maximum atomic E-state index is 9.27. The first kappa shape index (κ1) is 12.5. The number of anilines is 1. The van der Waals surface area contributed by atoms with Gasteiger partial charge in [-0.2, -0.15) is 5.26 Å². The van der Waals surface area contributed by atoms with Gasteiger partial charge in [-0.1, -0.05) is 22.6 Å².